The maximum atomic E-state index is 13.0. The van der Waals surface area contributed by atoms with Crippen molar-refractivity contribution in [1.82, 2.24) is 4.98 Å². The standard InChI is InChI=1S/C27H23F3N2O3S/c28-27(29,30)20-36(33,34)32(19-23-7-4-16-31-18-23)24-10-14-26(15-11-24)35-25-12-8-22(9-13-25)17-21-5-2-1-3-6-21/h1-16,18H,17,19-20H2. The van der Waals surface area contributed by atoms with Gasteiger partial charge in [-0.2, -0.15) is 13.2 Å². The number of benzene rings is 3. The van der Waals surface area contributed by atoms with Crippen LogP contribution >= 0.6 is 0 Å². The van der Waals surface area contributed by atoms with Crippen molar-refractivity contribution >= 4 is 15.7 Å². The van der Waals surface area contributed by atoms with Crippen molar-refractivity contribution in [2.24, 2.45) is 0 Å². The summed E-state index contributed by atoms with van der Waals surface area (Å²) in [6.45, 7) is -0.282. The number of pyridine rings is 1. The molecule has 36 heavy (non-hydrogen) atoms. The Hall–Kier alpha value is -3.85. The topological polar surface area (TPSA) is 59.5 Å². The van der Waals surface area contributed by atoms with E-state index >= 15 is 0 Å². The molecule has 0 atom stereocenters. The summed E-state index contributed by atoms with van der Waals surface area (Å²) in [7, 11) is -4.69. The van der Waals surface area contributed by atoms with Gasteiger partial charge in [0.05, 0.1) is 12.2 Å². The first-order valence-corrected chi connectivity index (χ1v) is 12.7. The fraction of sp³-hybridized carbons (Fsp3) is 0.148. The van der Waals surface area contributed by atoms with Crippen LogP contribution in [-0.4, -0.2) is 25.3 Å². The highest BCUT2D eigenvalue weighted by molar-refractivity contribution is 7.92. The Balaban J connectivity index is 1.50. The predicted octanol–water partition coefficient (Wildman–Crippen LogP) is 6.36. The quantitative estimate of drug-likeness (QED) is 0.262. The number of aromatic nitrogens is 1. The SMILES string of the molecule is O=S(=O)(CC(F)(F)F)N(Cc1cccnc1)c1ccc(Oc2ccc(Cc3ccccc3)cc2)cc1. The lowest BCUT2D eigenvalue weighted by molar-refractivity contribution is -0.106. The molecule has 3 aromatic carbocycles. The van der Waals surface area contributed by atoms with E-state index in [9.17, 15) is 21.6 Å². The molecule has 0 aliphatic carbocycles. The molecule has 186 valence electrons. The number of alkyl halides is 3. The summed E-state index contributed by atoms with van der Waals surface area (Å²) in [5.74, 6) is -0.964. The third-order valence-corrected chi connectivity index (χ3v) is 6.97. The minimum absolute atomic E-state index is 0.0914. The highest BCUT2D eigenvalue weighted by Crippen LogP contribution is 2.29. The zero-order valence-corrected chi connectivity index (χ0v) is 19.9. The summed E-state index contributed by atoms with van der Waals surface area (Å²) >= 11 is 0. The largest absolute Gasteiger partial charge is 0.457 e. The molecule has 5 nitrogen and oxygen atoms in total. The Morgan fingerprint density at radius 3 is 1.92 bits per heavy atom. The zero-order chi connectivity index (χ0) is 25.6. The van der Waals surface area contributed by atoms with Gasteiger partial charge in [-0.3, -0.25) is 9.29 Å². The van der Waals surface area contributed by atoms with Gasteiger partial charge < -0.3 is 4.74 Å². The molecule has 0 unspecified atom stereocenters. The van der Waals surface area contributed by atoms with Gasteiger partial charge in [-0.05, 0) is 65.6 Å². The second kappa shape index (κ2) is 10.8. The first-order chi connectivity index (χ1) is 17.2. The molecular weight excluding hydrogens is 489 g/mol. The number of anilines is 1. The van der Waals surface area contributed by atoms with Gasteiger partial charge in [0.15, 0.2) is 5.75 Å². The van der Waals surface area contributed by atoms with E-state index in [1.165, 1.54) is 42.2 Å². The third kappa shape index (κ3) is 7.08. The van der Waals surface area contributed by atoms with Crippen molar-refractivity contribution in [1.29, 1.82) is 0 Å². The highest BCUT2D eigenvalue weighted by atomic mass is 32.2. The van der Waals surface area contributed by atoms with E-state index in [1.54, 1.807) is 12.1 Å². The van der Waals surface area contributed by atoms with Crippen LogP contribution < -0.4 is 9.04 Å². The summed E-state index contributed by atoms with van der Waals surface area (Å²) in [5, 5.41) is 0. The lowest BCUT2D eigenvalue weighted by Gasteiger charge is -2.25. The molecule has 4 aromatic rings. The lowest BCUT2D eigenvalue weighted by Crippen LogP contribution is -2.37. The second-order valence-electron chi connectivity index (χ2n) is 8.14. The molecule has 1 aromatic heterocycles. The van der Waals surface area contributed by atoms with E-state index in [4.69, 9.17) is 4.74 Å². The van der Waals surface area contributed by atoms with E-state index in [-0.39, 0.29) is 12.2 Å². The van der Waals surface area contributed by atoms with Crippen LogP contribution in [0.2, 0.25) is 0 Å². The molecule has 0 bridgehead atoms. The Kier molecular flexibility index (Phi) is 7.59. The summed E-state index contributed by atoms with van der Waals surface area (Å²) in [6, 6.07) is 26.7. The van der Waals surface area contributed by atoms with Crippen molar-refractivity contribution in [3.8, 4) is 11.5 Å². The number of sulfonamides is 1. The van der Waals surface area contributed by atoms with Crippen LogP contribution in [0.3, 0.4) is 0 Å². The van der Waals surface area contributed by atoms with Gasteiger partial charge in [-0.25, -0.2) is 8.42 Å². The normalized spacial score (nSPS) is 11.8. The van der Waals surface area contributed by atoms with Crippen LogP contribution in [0.1, 0.15) is 16.7 Å². The number of ether oxygens (including phenoxy) is 1. The first kappa shape index (κ1) is 25.2. The smallest absolute Gasteiger partial charge is 0.404 e. The number of halogens is 3. The fourth-order valence-corrected chi connectivity index (χ4v) is 4.97. The van der Waals surface area contributed by atoms with Gasteiger partial charge in [0.2, 0.25) is 10.0 Å². The average Bonchev–Trinajstić information content (AvgIpc) is 2.84. The molecule has 9 heteroatoms. The van der Waals surface area contributed by atoms with Crippen LogP contribution in [0.4, 0.5) is 18.9 Å². The third-order valence-electron chi connectivity index (χ3n) is 5.27. The molecule has 0 amide bonds. The van der Waals surface area contributed by atoms with E-state index in [2.05, 4.69) is 17.1 Å². The van der Waals surface area contributed by atoms with Crippen molar-refractivity contribution in [3.63, 3.8) is 0 Å². The molecule has 0 N–H and O–H groups in total. The Bertz CT molecular complexity index is 1360. The Labute approximate surface area is 207 Å². The highest BCUT2D eigenvalue weighted by Gasteiger charge is 2.38. The molecule has 0 aliphatic rings. The monoisotopic (exact) mass is 512 g/mol. The summed E-state index contributed by atoms with van der Waals surface area (Å²) in [6.07, 6.45) is -1.18. The van der Waals surface area contributed by atoms with E-state index < -0.39 is 22.0 Å². The number of hydrogen-bond acceptors (Lipinski definition) is 4. The number of nitrogens with zero attached hydrogens (tertiary/aromatic N) is 2. The minimum atomic E-state index is -4.87. The fourth-order valence-electron chi connectivity index (χ4n) is 3.62. The van der Waals surface area contributed by atoms with Crippen molar-refractivity contribution in [2.45, 2.75) is 19.1 Å². The average molecular weight is 513 g/mol. The van der Waals surface area contributed by atoms with Gasteiger partial charge >= 0.3 is 6.18 Å². The van der Waals surface area contributed by atoms with Crippen LogP contribution in [-0.2, 0) is 23.0 Å². The molecule has 1 heterocycles. The molecule has 0 radical (unpaired) electrons. The summed E-state index contributed by atoms with van der Waals surface area (Å²) in [5.41, 5.74) is 2.86. The van der Waals surface area contributed by atoms with Crippen LogP contribution in [0.25, 0.3) is 0 Å². The first-order valence-electron chi connectivity index (χ1n) is 11.0. The van der Waals surface area contributed by atoms with Gasteiger partial charge in [-0.1, -0.05) is 48.5 Å². The molecule has 4 rings (SSSR count). The molecule has 0 saturated carbocycles. The van der Waals surface area contributed by atoms with Crippen molar-refractivity contribution < 1.29 is 26.3 Å². The van der Waals surface area contributed by atoms with Crippen LogP contribution in [0.5, 0.6) is 11.5 Å². The van der Waals surface area contributed by atoms with Gasteiger partial charge in [-0.15, -0.1) is 0 Å². The van der Waals surface area contributed by atoms with Crippen LogP contribution in [0.15, 0.2) is 103 Å². The van der Waals surface area contributed by atoms with Crippen LogP contribution in [0, 0.1) is 0 Å². The van der Waals surface area contributed by atoms with Gasteiger partial charge in [0, 0.05) is 12.4 Å². The predicted molar refractivity (Wildman–Crippen MR) is 132 cm³/mol. The minimum Gasteiger partial charge on any atom is -0.457 e. The van der Waals surface area contributed by atoms with E-state index in [0.717, 1.165) is 16.3 Å². The van der Waals surface area contributed by atoms with Gasteiger partial charge in [0.25, 0.3) is 0 Å². The van der Waals surface area contributed by atoms with Crippen molar-refractivity contribution in [3.05, 3.63) is 120 Å². The molecular formula is C27H23F3N2O3S. The second-order valence-corrected chi connectivity index (χ2v) is 10.0. The van der Waals surface area contributed by atoms with E-state index in [0.29, 0.717) is 17.1 Å². The number of hydrogen-bond donors (Lipinski definition) is 0. The summed E-state index contributed by atoms with van der Waals surface area (Å²) in [4.78, 5) is 3.91. The molecule has 0 fully saturated rings. The van der Waals surface area contributed by atoms with Crippen molar-refractivity contribution in [2.75, 3.05) is 10.1 Å². The molecule has 0 aliphatic heterocycles. The van der Waals surface area contributed by atoms with E-state index in [1.807, 2.05) is 42.5 Å². The molecule has 0 saturated heterocycles. The summed E-state index contributed by atoms with van der Waals surface area (Å²) < 4.78 is 70.8. The Morgan fingerprint density at radius 2 is 1.33 bits per heavy atom. The maximum absolute atomic E-state index is 13.0. The Morgan fingerprint density at radius 1 is 0.750 bits per heavy atom. The maximum Gasteiger partial charge on any atom is 0.404 e. The van der Waals surface area contributed by atoms with Gasteiger partial charge in [0.1, 0.15) is 11.5 Å². The lowest BCUT2D eigenvalue weighted by atomic mass is 10.1. The zero-order valence-electron chi connectivity index (χ0n) is 19.1. The molecule has 0 spiro atoms. The number of rotatable bonds is 9.